The van der Waals surface area contributed by atoms with Gasteiger partial charge in [0.05, 0.1) is 17.1 Å². The maximum atomic E-state index is 11.9. The second-order valence-corrected chi connectivity index (χ2v) is 7.37. The summed E-state index contributed by atoms with van der Waals surface area (Å²) in [4.78, 5) is 29.2. The highest BCUT2D eigenvalue weighted by Crippen LogP contribution is 2.35. The Morgan fingerprint density at radius 2 is 1.97 bits per heavy atom. The van der Waals surface area contributed by atoms with Crippen LogP contribution in [0.2, 0.25) is 0 Å². The third kappa shape index (κ3) is 3.33. The molecule has 0 atom stereocenters. The lowest BCUT2D eigenvalue weighted by Gasteiger charge is -2.35. The fraction of sp³-hybridized carbons (Fsp3) is 0.227. The summed E-state index contributed by atoms with van der Waals surface area (Å²) in [5.41, 5.74) is 2.50. The first-order valence-corrected chi connectivity index (χ1v) is 10.0. The van der Waals surface area contributed by atoms with Gasteiger partial charge in [0.15, 0.2) is 0 Å². The minimum atomic E-state index is -0.0455. The number of carbonyl (C=O) groups is 1. The lowest BCUT2D eigenvalue weighted by atomic mass is 10.1. The highest BCUT2D eigenvalue weighted by molar-refractivity contribution is 5.93. The van der Waals surface area contributed by atoms with Gasteiger partial charge in [-0.2, -0.15) is 5.10 Å². The van der Waals surface area contributed by atoms with Crippen LogP contribution in [0.25, 0.3) is 21.8 Å². The number of amides is 1. The largest absolute Gasteiger partial charge is 0.436 e. The number of pyridine rings is 1. The maximum absolute atomic E-state index is 11.9. The Morgan fingerprint density at radius 3 is 2.77 bits per heavy atom. The van der Waals surface area contributed by atoms with Crippen molar-refractivity contribution in [1.29, 1.82) is 0 Å². The van der Waals surface area contributed by atoms with Gasteiger partial charge < -0.3 is 14.5 Å². The van der Waals surface area contributed by atoms with Gasteiger partial charge in [-0.15, -0.1) is 0 Å². The average Bonchev–Trinajstić information content (AvgIpc) is 3.29. The number of hydrogen-bond acceptors (Lipinski definition) is 7. The summed E-state index contributed by atoms with van der Waals surface area (Å²) in [5, 5.41) is 8.82. The molecule has 0 bridgehead atoms. The molecule has 1 N–H and O–H groups in total. The van der Waals surface area contributed by atoms with Gasteiger partial charge in [0, 0.05) is 37.8 Å². The summed E-state index contributed by atoms with van der Waals surface area (Å²) in [7, 11) is 0. The molecule has 1 aliphatic rings. The van der Waals surface area contributed by atoms with E-state index in [1.807, 2.05) is 25.1 Å². The van der Waals surface area contributed by atoms with Crippen LogP contribution in [0.1, 0.15) is 5.56 Å². The van der Waals surface area contributed by atoms with Gasteiger partial charge in [-0.25, -0.2) is 15.0 Å². The number of hydrogen-bond donors (Lipinski definition) is 1. The monoisotopic (exact) mass is 415 g/mol. The molecule has 1 amide bonds. The molecule has 1 aromatic carbocycles. The minimum absolute atomic E-state index is 0.0455. The molecule has 4 heterocycles. The summed E-state index contributed by atoms with van der Waals surface area (Å²) in [6, 6.07) is 5.84. The minimum Gasteiger partial charge on any atom is -0.436 e. The zero-order chi connectivity index (χ0) is 21.4. The summed E-state index contributed by atoms with van der Waals surface area (Å²) < 4.78 is 6.26. The predicted octanol–water partition coefficient (Wildman–Crippen LogP) is 2.84. The van der Waals surface area contributed by atoms with Crippen molar-refractivity contribution in [3.63, 3.8) is 0 Å². The molecule has 1 fully saturated rings. The van der Waals surface area contributed by atoms with Gasteiger partial charge in [0.1, 0.15) is 23.4 Å². The van der Waals surface area contributed by atoms with Crippen LogP contribution in [0.15, 0.2) is 49.6 Å². The molecule has 0 spiro atoms. The molecular weight excluding hydrogens is 394 g/mol. The number of ether oxygens (including phenoxy) is 1. The number of anilines is 1. The summed E-state index contributed by atoms with van der Waals surface area (Å²) in [6.07, 6.45) is 6.33. The Labute approximate surface area is 178 Å². The van der Waals surface area contributed by atoms with Gasteiger partial charge in [-0.3, -0.25) is 9.89 Å². The first kappa shape index (κ1) is 19.0. The predicted molar refractivity (Wildman–Crippen MR) is 117 cm³/mol. The van der Waals surface area contributed by atoms with Crippen molar-refractivity contribution in [3.8, 4) is 11.6 Å². The SMILES string of the molecule is C=CC(=O)N1CCN(c2ncnc3c(Oc4c(C)ccc5[nH]ncc45)nccc23)CC1. The third-order valence-electron chi connectivity index (χ3n) is 5.53. The quantitative estimate of drug-likeness (QED) is 0.512. The van der Waals surface area contributed by atoms with E-state index < -0.39 is 0 Å². The Bertz CT molecular complexity index is 1290. The van der Waals surface area contributed by atoms with E-state index >= 15 is 0 Å². The number of aryl methyl sites for hydroxylation is 1. The van der Waals surface area contributed by atoms with Crippen LogP contribution in [0, 0.1) is 6.92 Å². The van der Waals surface area contributed by atoms with Gasteiger partial charge in [-0.05, 0) is 30.7 Å². The van der Waals surface area contributed by atoms with E-state index in [9.17, 15) is 4.79 Å². The van der Waals surface area contributed by atoms with E-state index in [0.29, 0.717) is 43.3 Å². The number of fused-ring (bicyclic) bond motifs is 2. The average molecular weight is 415 g/mol. The van der Waals surface area contributed by atoms with Crippen LogP contribution in [-0.4, -0.2) is 62.1 Å². The second-order valence-electron chi connectivity index (χ2n) is 7.37. The molecule has 9 nitrogen and oxygen atoms in total. The molecule has 9 heteroatoms. The van der Waals surface area contributed by atoms with E-state index in [1.165, 1.54) is 12.4 Å². The number of carbonyl (C=O) groups excluding carboxylic acids is 1. The second kappa shape index (κ2) is 7.67. The van der Waals surface area contributed by atoms with Crippen LogP contribution in [0.4, 0.5) is 5.82 Å². The molecule has 1 saturated heterocycles. The van der Waals surface area contributed by atoms with Crippen molar-refractivity contribution in [1.82, 2.24) is 30.0 Å². The number of benzene rings is 1. The first-order chi connectivity index (χ1) is 15.2. The number of aromatic nitrogens is 5. The topological polar surface area (TPSA) is 100 Å². The number of nitrogens with one attached hydrogen (secondary N) is 1. The Kier molecular flexibility index (Phi) is 4.70. The third-order valence-corrected chi connectivity index (χ3v) is 5.53. The van der Waals surface area contributed by atoms with Crippen LogP contribution in [-0.2, 0) is 4.79 Å². The van der Waals surface area contributed by atoms with Gasteiger partial charge in [-0.1, -0.05) is 12.6 Å². The number of H-pyrrole nitrogens is 1. The highest BCUT2D eigenvalue weighted by Gasteiger charge is 2.23. The highest BCUT2D eigenvalue weighted by atomic mass is 16.5. The molecule has 3 aromatic heterocycles. The molecule has 0 saturated carbocycles. The van der Waals surface area contributed by atoms with Crippen molar-refractivity contribution in [3.05, 3.63) is 55.1 Å². The molecule has 156 valence electrons. The molecule has 1 aliphatic heterocycles. The van der Waals surface area contributed by atoms with Crippen molar-refractivity contribution in [2.24, 2.45) is 0 Å². The van der Waals surface area contributed by atoms with E-state index in [1.54, 1.807) is 17.3 Å². The van der Waals surface area contributed by atoms with Crippen LogP contribution < -0.4 is 9.64 Å². The number of aromatic amines is 1. The molecular formula is C22H21N7O2. The fourth-order valence-corrected chi connectivity index (χ4v) is 3.88. The zero-order valence-corrected chi connectivity index (χ0v) is 17.1. The van der Waals surface area contributed by atoms with Crippen molar-refractivity contribution < 1.29 is 9.53 Å². The molecule has 0 unspecified atom stereocenters. The van der Waals surface area contributed by atoms with Crippen molar-refractivity contribution in [2.75, 3.05) is 31.1 Å². The maximum Gasteiger partial charge on any atom is 0.246 e. The van der Waals surface area contributed by atoms with E-state index in [2.05, 4.69) is 36.6 Å². The summed E-state index contributed by atoms with van der Waals surface area (Å²) in [6.45, 7) is 8.14. The molecule has 0 radical (unpaired) electrons. The Balaban J connectivity index is 1.50. The zero-order valence-electron chi connectivity index (χ0n) is 17.1. The lowest BCUT2D eigenvalue weighted by molar-refractivity contribution is -0.126. The molecule has 31 heavy (non-hydrogen) atoms. The van der Waals surface area contributed by atoms with Gasteiger partial charge >= 0.3 is 0 Å². The Morgan fingerprint density at radius 1 is 1.13 bits per heavy atom. The summed E-state index contributed by atoms with van der Waals surface area (Å²) in [5.74, 6) is 1.87. The fourth-order valence-electron chi connectivity index (χ4n) is 3.88. The van der Waals surface area contributed by atoms with E-state index in [0.717, 1.165) is 27.7 Å². The first-order valence-electron chi connectivity index (χ1n) is 10.0. The number of piperazine rings is 1. The van der Waals surface area contributed by atoms with Gasteiger partial charge in [0.25, 0.3) is 0 Å². The number of nitrogens with zero attached hydrogens (tertiary/aromatic N) is 6. The molecule has 5 rings (SSSR count). The normalized spacial score (nSPS) is 14.2. The van der Waals surface area contributed by atoms with Crippen LogP contribution in [0.3, 0.4) is 0 Å². The summed E-state index contributed by atoms with van der Waals surface area (Å²) >= 11 is 0. The van der Waals surface area contributed by atoms with E-state index in [4.69, 9.17) is 4.74 Å². The Hall–Kier alpha value is -4.01. The number of rotatable bonds is 4. The molecule has 0 aliphatic carbocycles. The van der Waals surface area contributed by atoms with Crippen molar-refractivity contribution in [2.45, 2.75) is 6.92 Å². The lowest BCUT2D eigenvalue weighted by Crippen LogP contribution is -2.48. The van der Waals surface area contributed by atoms with Crippen LogP contribution >= 0.6 is 0 Å². The van der Waals surface area contributed by atoms with Crippen LogP contribution in [0.5, 0.6) is 11.6 Å². The smallest absolute Gasteiger partial charge is 0.246 e. The molecule has 4 aromatic rings. The standard InChI is InChI=1S/C22H21N7O2/c1-3-18(30)28-8-10-29(11-9-28)21-15-6-7-23-22(19(15)24-13-25-21)31-20-14(2)4-5-17-16(20)12-26-27-17/h3-7,12-13H,1,8-11H2,2H3,(H,26,27). The van der Waals surface area contributed by atoms with E-state index in [-0.39, 0.29) is 5.91 Å². The van der Waals surface area contributed by atoms with Gasteiger partial charge in [0.2, 0.25) is 11.8 Å². The van der Waals surface area contributed by atoms with Crippen molar-refractivity contribution >= 4 is 33.5 Å².